The number of nitrogens with zero attached hydrogens (tertiary/aromatic N) is 2. The standard InChI is InChI=1S/C19H21N3O2/c1-19(2,20)11-22-15-10-17-16(23-12-24-17)9-14(15)21-18(22)8-13-6-4-3-5-7-13/h3-7,9-10H,8,11-12,20H2,1-2H3. The highest BCUT2D eigenvalue weighted by molar-refractivity contribution is 5.81. The Hall–Kier alpha value is -2.53. The van der Waals surface area contributed by atoms with Gasteiger partial charge in [0.1, 0.15) is 5.82 Å². The molecular formula is C19H21N3O2. The zero-order valence-electron chi connectivity index (χ0n) is 14.0. The van der Waals surface area contributed by atoms with E-state index in [9.17, 15) is 0 Å². The second kappa shape index (κ2) is 5.53. The highest BCUT2D eigenvalue weighted by Gasteiger charge is 2.22. The van der Waals surface area contributed by atoms with Gasteiger partial charge in [-0.2, -0.15) is 0 Å². The molecule has 24 heavy (non-hydrogen) atoms. The van der Waals surface area contributed by atoms with Gasteiger partial charge in [0.15, 0.2) is 11.5 Å². The maximum Gasteiger partial charge on any atom is 0.231 e. The monoisotopic (exact) mass is 323 g/mol. The van der Waals surface area contributed by atoms with Crippen LogP contribution in [0.4, 0.5) is 0 Å². The van der Waals surface area contributed by atoms with E-state index in [1.54, 1.807) is 0 Å². The Morgan fingerprint density at radius 3 is 2.54 bits per heavy atom. The summed E-state index contributed by atoms with van der Waals surface area (Å²) in [5.41, 5.74) is 9.12. The molecule has 2 N–H and O–H groups in total. The van der Waals surface area contributed by atoms with Crippen LogP contribution < -0.4 is 15.2 Å². The molecule has 0 fully saturated rings. The van der Waals surface area contributed by atoms with Crippen molar-refractivity contribution >= 4 is 11.0 Å². The number of imidazole rings is 1. The van der Waals surface area contributed by atoms with Crippen LogP contribution in [0.15, 0.2) is 42.5 Å². The summed E-state index contributed by atoms with van der Waals surface area (Å²) in [6.45, 7) is 5.00. The summed E-state index contributed by atoms with van der Waals surface area (Å²) >= 11 is 0. The number of aromatic nitrogens is 2. The molecule has 0 saturated carbocycles. The number of ether oxygens (including phenoxy) is 2. The third-order valence-corrected chi connectivity index (χ3v) is 4.09. The zero-order valence-corrected chi connectivity index (χ0v) is 14.0. The Morgan fingerprint density at radius 2 is 1.83 bits per heavy atom. The first-order valence-electron chi connectivity index (χ1n) is 8.11. The van der Waals surface area contributed by atoms with Crippen molar-refractivity contribution in [3.8, 4) is 11.5 Å². The summed E-state index contributed by atoms with van der Waals surface area (Å²) in [5, 5.41) is 0. The Labute approximate surface area is 141 Å². The minimum atomic E-state index is -0.338. The Balaban J connectivity index is 1.83. The van der Waals surface area contributed by atoms with Gasteiger partial charge in [-0.25, -0.2) is 4.98 Å². The van der Waals surface area contributed by atoms with E-state index >= 15 is 0 Å². The topological polar surface area (TPSA) is 62.3 Å². The number of hydrogen-bond donors (Lipinski definition) is 1. The molecule has 1 aromatic heterocycles. The van der Waals surface area contributed by atoms with Gasteiger partial charge in [-0.15, -0.1) is 0 Å². The van der Waals surface area contributed by atoms with E-state index in [4.69, 9.17) is 20.2 Å². The van der Waals surface area contributed by atoms with E-state index < -0.39 is 0 Å². The van der Waals surface area contributed by atoms with E-state index in [0.717, 1.165) is 34.8 Å². The molecule has 2 heterocycles. The highest BCUT2D eigenvalue weighted by atomic mass is 16.7. The fourth-order valence-electron chi connectivity index (χ4n) is 3.06. The highest BCUT2D eigenvalue weighted by Crippen LogP contribution is 2.36. The Kier molecular flexibility index (Phi) is 3.46. The largest absolute Gasteiger partial charge is 0.454 e. The van der Waals surface area contributed by atoms with Crippen LogP contribution in [0.2, 0.25) is 0 Å². The lowest BCUT2D eigenvalue weighted by Gasteiger charge is -2.21. The van der Waals surface area contributed by atoms with E-state index in [-0.39, 0.29) is 12.3 Å². The van der Waals surface area contributed by atoms with Crippen molar-refractivity contribution in [1.29, 1.82) is 0 Å². The number of nitrogens with two attached hydrogens (primary N) is 1. The number of hydrogen-bond acceptors (Lipinski definition) is 4. The Bertz CT molecular complexity index is 879. The predicted molar refractivity (Wildman–Crippen MR) is 93.4 cm³/mol. The van der Waals surface area contributed by atoms with E-state index in [0.29, 0.717) is 6.54 Å². The third kappa shape index (κ3) is 2.83. The molecule has 0 bridgehead atoms. The second-order valence-electron chi connectivity index (χ2n) is 6.96. The van der Waals surface area contributed by atoms with Gasteiger partial charge < -0.3 is 19.8 Å². The van der Waals surface area contributed by atoms with Gasteiger partial charge in [-0.3, -0.25) is 0 Å². The van der Waals surface area contributed by atoms with Gasteiger partial charge in [-0.05, 0) is 19.4 Å². The van der Waals surface area contributed by atoms with Gasteiger partial charge in [0, 0.05) is 30.6 Å². The molecule has 5 heteroatoms. The minimum absolute atomic E-state index is 0.265. The van der Waals surface area contributed by atoms with Gasteiger partial charge in [-0.1, -0.05) is 30.3 Å². The predicted octanol–water partition coefficient (Wildman–Crippen LogP) is 3.09. The van der Waals surface area contributed by atoms with E-state index in [2.05, 4.69) is 16.7 Å². The van der Waals surface area contributed by atoms with Crippen LogP contribution in [0.5, 0.6) is 11.5 Å². The molecule has 0 amide bonds. The van der Waals surface area contributed by atoms with Crippen LogP contribution in [-0.4, -0.2) is 21.9 Å². The summed E-state index contributed by atoms with van der Waals surface area (Å²) in [5.74, 6) is 2.52. The van der Waals surface area contributed by atoms with Crippen molar-refractivity contribution in [1.82, 2.24) is 9.55 Å². The molecule has 3 aromatic rings. The van der Waals surface area contributed by atoms with Gasteiger partial charge in [0.25, 0.3) is 0 Å². The SMILES string of the molecule is CC(C)(N)Cn1c(Cc2ccccc2)nc2cc3c(cc21)OCO3. The molecule has 0 saturated heterocycles. The van der Waals surface area contributed by atoms with Crippen LogP contribution in [-0.2, 0) is 13.0 Å². The van der Waals surface area contributed by atoms with Crippen molar-refractivity contribution in [2.24, 2.45) is 5.73 Å². The van der Waals surface area contributed by atoms with Gasteiger partial charge in [0.05, 0.1) is 11.0 Å². The molecule has 1 aliphatic rings. The quantitative estimate of drug-likeness (QED) is 0.801. The lowest BCUT2D eigenvalue weighted by atomic mass is 10.1. The smallest absolute Gasteiger partial charge is 0.231 e. The second-order valence-corrected chi connectivity index (χ2v) is 6.96. The van der Waals surface area contributed by atoms with Crippen LogP contribution in [0.3, 0.4) is 0 Å². The first-order valence-corrected chi connectivity index (χ1v) is 8.11. The Morgan fingerprint density at radius 1 is 1.12 bits per heavy atom. The van der Waals surface area contributed by atoms with Crippen molar-refractivity contribution in [3.63, 3.8) is 0 Å². The molecule has 0 unspecified atom stereocenters. The molecule has 5 nitrogen and oxygen atoms in total. The molecule has 0 spiro atoms. The maximum absolute atomic E-state index is 6.29. The molecule has 0 atom stereocenters. The lowest BCUT2D eigenvalue weighted by molar-refractivity contribution is 0.174. The average Bonchev–Trinajstić information content (AvgIpc) is 3.10. The van der Waals surface area contributed by atoms with Crippen LogP contribution in [0.25, 0.3) is 11.0 Å². The normalized spacial score (nSPS) is 13.6. The van der Waals surface area contributed by atoms with Crippen LogP contribution in [0, 0.1) is 0 Å². The summed E-state index contributed by atoms with van der Waals surface area (Å²) in [6, 6.07) is 14.3. The number of rotatable bonds is 4. The van der Waals surface area contributed by atoms with E-state index in [1.165, 1.54) is 5.56 Å². The zero-order chi connectivity index (χ0) is 16.7. The average molecular weight is 323 g/mol. The van der Waals surface area contributed by atoms with Crippen molar-refractivity contribution in [3.05, 3.63) is 53.9 Å². The lowest BCUT2D eigenvalue weighted by Crippen LogP contribution is -2.37. The van der Waals surface area contributed by atoms with Gasteiger partial charge in [0.2, 0.25) is 6.79 Å². The van der Waals surface area contributed by atoms with Gasteiger partial charge >= 0.3 is 0 Å². The number of fused-ring (bicyclic) bond motifs is 2. The summed E-state index contributed by atoms with van der Waals surface area (Å²) in [6.07, 6.45) is 0.762. The molecule has 4 rings (SSSR count). The van der Waals surface area contributed by atoms with Crippen LogP contribution in [0.1, 0.15) is 25.2 Å². The third-order valence-electron chi connectivity index (χ3n) is 4.09. The first-order chi connectivity index (χ1) is 11.5. The molecule has 2 aromatic carbocycles. The molecule has 0 radical (unpaired) electrons. The summed E-state index contributed by atoms with van der Waals surface area (Å²) in [4.78, 5) is 4.84. The van der Waals surface area contributed by atoms with Crippen molar-refractivity contribution in [2.45, 2.75) is 32.4 Å². The van der Waals surface area contributed by atoms with E-state index in [1.807, 2.05) is 44.2 Å². The fourth-order valence-corrected chi connectivity index (χ4v) is 3.06. The van der Waals surface area contributed by atoms with Crippen molar-refractivity contribution in [2.75, 3.05) is 6.79 Å². The molecular weight excluding hydrogens is 302 g/mol. The minimum Gasteiger partial charge on any atom is -0.454 e. The fraction of sp³-hybridized carbons (Fsp3) is 0.316. The molecule has 1 aliphatic heterocycles. The summed E-state index contributed by atoms with van der Waals surface area (Å²) in [7, 11) is 0. The maximum atomic E-state index is 6.29. The summed E-state index contributed by atoms with van der Waals surface area (Å²) < 4.78 is 13.2. The van der Waals surface area contributed by atoms with Crippen LogP contribution >= 0.6 is 0 Å². The molecule has 0 aliphatic carbocycles. The number of benzene rings is 2. The molecule has 124 valence electrons. The first kappa shape index (κ1) is 15.0. The van der Waals surface area contributed by atoms with Crippen molar-refractivity contribution < 1.29 is 9.47 Å².